The van der Waals surface area contributed by atoms with E-state index in [0.29, 0.717) is 17.9 Å². The predicted octanol–water partition coefficient (Wildman–Crippen LogP) is 3.56. The average Bonchev–Trinajstić information content (AvgIpc) is 2.53. The van der Waals surface area contributed by atoms with Gasteiger partial charge < -0.3 is 5.11 Å². The molecule has 0 saturated carbocycles. The molecule has 0 unspecified atom stereocenters. The number of aromatic carboxylic acids is 1. The number of rotatable bonds is 3. The number of carboxylic acid groups (broad SMARTS) is 1. The number of nitrogens with zero attached hydrogens (tertiary/aromatic N) is 2. The van der Waals surface area contributed by atoms with E-state index in [9.17, 15) is 4.79 Å². The number of aromatic nitrogens is 2. The van der Waals surface area contributed by atoms with Crippen LogP contribution in [-0.4, -0.2) is 21.0 Å². The van der Waals surface area contributed by atoms with Gasteiger partial charge in [0.15, 0.2) is 5.82 Å². The van der Waals surface area contributed by atoms with Crippen LogP contribution in [0.2, 0.25) is 0 Å². The van der Waals surface area contributed by atoms with E-state index < -0.39 is 5.97 Å². The molecule has 0 fully saturated rings. The summed E-state index contributed by atoms with van der Waals surface area (Å²) >= 11 is 0. The number of hydrogen-bond acceptors (Lipinski definition) is 3. The highest BCUT2D eigenvalue weighted by atomic mass is 16.4. The molecule has 104 valence electrons. The van der Waals surface area contributed by atoms with Crippen LogP contribution < -0.4 is 0 Å². The molecule has 0 amide bonds. The SMILES string of the molecule is CCc1nc(-c2ccc3ccccc3c2)ncc1C(=O)O. The highest BCUT2D eigenvalue weighted by molar-refractivity contribution is 5.89. The molecule has 3 aromatic rings. The van der Waals surface area contributed by atoms with Gasteiger partial charge in [-0.2, -0.15) is 0 Å². The fourth-order valence-corrected chi connectivity index (χ4v) is 2.33. The Bertz CT molecular complexity index is 828. The van der Waals surface area contributed by atoms with E-state index in [1.807, 2.05) is 49.4 Å². The summed E-state index contributed by atoms with van der Waals surface area (Å²) in [5, 5.41) is 11.4. The molecule has 0 saturated heterocycles. The lowest BCUT2D eigenvalue weighted by atomic mass is 10.1. The van der Waals surface area contributed by atoms with E-state index in [2.05, 4.69) is 9.97 Å². The van der Waals surface area contributed by atoms with E-state index in [-0.39, 0.29) is 5.56 Å². The van der Waals surface area contributed by atoms with Crippen LogP contribution in [0.1, 0.15) is 23.0 Å². The number of carbonyl (C=O) groups is 1. The van der Waals surface area contributed by atoms with Crippen LogP contribution in [0.25, 0.3) is 22.2 Å². The third kappa shape index (κ3) is 2.48. The van der Waals surface area contributed by atoms with Crippen molar-refractivity contribution in [3.8, 4) is 11.4 Å². The lowest BCUT2D eigenvalue weighted by molar-refractivity contribution is 0.0694. The monoisotopic (exact) mass is 278 g/mol. The molecule has 21 heavy (non-hydrogen) atoms. The van der Waals surface area contributed by atoms with Crippen molar-refractivity contribution in [1.29, 1.82) is 0 Å². The van der Waals surface area contributed by atoms with Gasteiger partial charge in [0, 0.05) is 11.8 Å². The second kappa shape index (κ2) is 5.32. The van der Waals surface area contributed by atoms with Crippen LogP contribution in [0, 0.1) is 0 Å². The van der Waals surface area contributed by atoms with Gasteiger partial charge in [-0.25, -0.2) is 14.8 Å². The molecule has 0 aliphatic heterocycles. The van der Waals surface area contributed by atoms with Gasteiger partial charge in [-0.3, -0.25) is 0 Å². The number of aryl methyl sites for hydroxylation is 1. The Balaban J connectivity index is 2.11. The molecule has 1 heterocycles. The average molecular weight is 278 g/mol. The summed E-state index contributed by atoms with van der Waals surface area (Å²) in [6.45, 7) is 1.89. The first-order valence-corrected chi connectivity index (χ1v) is 6.77. The number of benzene rings is 2. The first-order valence-electron chi connectivity index (χ1n) is 6.77. The van der Waals surface area contributed by atoms with Crippen molar-refractivity contribution in [2.24, 2.45) is 0 Å². The summed E-state index contributed by atoms with van der Waals surface area (Å²) < 4.78 is 0. The van der Waals surface area contributed by atoms with Crippen molar-refractivity contribution >= 4 is 16.7 Å². The molecule has 2 aromatic carbocycles. The molecule has 1 aromatic heterocycles. The van der Waals surface area contributed by atoms with Crippen molar-refractivity contribution < 1.29 is 9.90 Å². The van der Waals surface area contributed by atoms with Crippen molar-refractivity contribution in [3.63, 3.8) is 0 Å². The van der Waals surface area contributed by atoms with Gasteiger partial charge in [-0.15, -0.1) is 0 Å². The summed E-state index contributed by atoms with van der Waals surface area (Å²) in [6, 6.07) is 14.1. The molecule has 0 radical (unpaired) electrons. The minimum Gasteiger partial charge on any atom is -0.478 e. The zero-order valence-electron chi connectivity index (χ0n) is 11.6. The number of fused-ring (bicyclic) bond motifs is 1. The van der Waals surface area contributed by atoms with Gasteiger partial charge in [0.1, 0.15) is 0 Å². The highest BCUT2D eigenvalue weighted by Crippen LogP contribution is 2.22. The quantitative estimate of drug-likeness (QED) is 0.795. The second-order valence-electron chi connectivity index (χ2n) is 4.77. The van der Waals surface area contributed by atoms with Gasteiger partial charge >= 0.3 is 5.97 Å². The molecule has 0 bridgehead atoms. The maximum Gasteiger partial charge on any atom is 0.339 e. The van der Waals surface area contributed by atoms with Crippen LogP contribution >= 0.6 is 0 Å². The maximum absolute atomic E-state index is 11.1. The Hall–Kier alpha value is -2.75. The van der Waals surface area contributed by atoms with Crippen LogP contribution in [-0.2, 0) is 6.42 Å². The van der Waals surface area contributed by atoms with Gasteiger partial charge in [0.2, 0.25) is 0 Å². The molecule has 0 atom stereocenters. The van der Waals surface area contributed by atoms with Crippen molar-refractivity contribution in [1.82, 2.24) is 9.97 Å². The fraction of sp³-hybridized carbons (Fsp3) is 0.118. The summed E-state index contributed by atoms with van der Waals surface area (Å²) in [5.41, 5.74) is 1.61. The summed E-state index contributed by atoms with van der Waals surface area (Å²) in [5.74, 6) is -0.431. The fourth-order valence-electron chi connectivity index (χ4n) is 2.33. The Morgan fingerprint density at radius 3 is 2.62 bits per heavy atom. The Kier molecular flexibility index (Phi) is 3.36. The lowest BCUT2D eigenvalue weighted by Gasteiger charge is -2.06. The third-order valence-electron chi connectivity index (χ3n) is 3.44. The molecule has 4 nitrogen and oxygen atoms in total. The molecule has 3 rings (SSSR count). The lowest BCUT2D eigenvalue weighted by Crippen LogP contribution is -2.06. The molecular weight excluding hydrogens is 264 g/mol. The Labute approximate surface area is 122 Å². The van der Waals surface area contributed by atoms with Crippen LogP contribution in [0.15, 0.2) is 48.7 Å². The van der Waals surface area contributed by atoms with Gasteiger partial charge in [0.25, 0.3) is 0 Å². The molecule has 4 heteroatoms. The second-order valence-corrected chi connectivity index (χ2v) is 4.77. The summed E-state index contributed by atoms with van der Waals surface area (Å²) in [7, 11) is 0. The minimum atomic E-state index is -0.989. The molecular formula is C17H14N2O2. The first kappa shape index (κ1) is 13.2. The zero-order valence-corrected chi connectivity index (χ0v) is 11.6. The number of carboxylic acids is 1. The number of hydrogen-bond donors (Lipinski definition) is 1. The Morgan fingerprint density at radius 2 is 1.90 bits per heavy atom. The molecule has 0 aliphatic carbocycles. The van der Waals surface area contributed by atoms with Crippen LogP contribution in [0.3, 0.4) is 0 Å². The van der Waals surface area contributed by atoms with E-state index in [0.717, 1.165) is 16.3 Å². The normalized spacial score (nSPS) is 10.7. The highest BCUT2D eigenvalue weighted by Gasteiger charge is 2.13. The topological polar surface area (TPSA) is 63.1 Å². The van der Waals surface area contributed by atoms with E-state index >= 15 is 0 Å². The van der Waals surface area contributed by atoms with Gasteiger partial charge in [-0.05, 0) is 23.3 Å². The Morgan fingerprint density at radius 1 is 1.14 bits per heavy atom. The zero-order chi connectivity index (χ0) is 14.8. The maximum atomic E-state index is 11.1. The minimum absolute atomic E-state index is 0.169. The molecule has 0 spiro atoms. The van der Waals surface area contributed by atoms with Gasteiger partial charge in [0.05, 0.1) is 11.3 Å². The molecule has 0 aliphatic rings. The standard InChI is InChI=1S/C17H14N2O2/c1-2-15-14(17(20)21)10-18-16(19-15)13-8-7-11-5-3-4-6-12(11)9-13/h3-10H,2H2,1H3,(H,20,21). The largest absolute Gasteiger partial charge is 0.478 e. The predicted molar refractivity (Wildman–Crippen MR) is 81.3 cm³/mol. The van der Waals surface area contributed by atoms with E-state index in [1.165, 1.54) is 6.20 Å². The summed E-state index contributed by atoms with van der Waals surface area (Å²) in [4.78, 5) is 19.7. The van der Waals surface area contributed by atoms with E-state index in [4.69, 9.17) is 5.11 Å². The third-order valence-corrected chi connectivity index (χ3v) is 3.44. The molecule has 1 N–H and O–H groups in total. The van der Waals surface area contributed by atoms with Crippen molar-refractivity contribution in [2.45, 2.75) is 13.3 Å². The van der Waals surface area contributed by atoms with Crippen molar-refractivity contribution in [2.75, 3.05) is 0 Å². The summed E-state index contributed by atoms with van der Waals surface area (Å²) in [6.07, 6.45) is 1.95. The van der Waals surface area contributed by atoms with Crippen molar-refractivity contribution in [3.05, 3.63) is 59.9 Å². The smallest absolute Gasteiger partial charge is 0.339 e. The van der Waals surface area contributed by atoms with Gasteiger partial charge in [-0.1, -0.05) is 43.3 Å². The van der Waals surface area contributed by atoms with Crippen LogP contribution in [0.5, 0.6) is 0 Å². The van der Waals surface area contributed by atoms with Crippen LogP contribution in [0.4, 0.5) is 0 Å². The van der Waals surface area contributed by atoms with E-state index in [1.54, 1.807) is 0 Å². The first-order chi connectivity index (χ1) is 10.2.